The van der Waals surface area contributed by atoms with Crippen molar-refractivity contribution in [3.8, 4) is 0 Å². The molecule has 1 aromatic rings. The maximum Gasteiger partial charge on any atom is 0.325 e. The maximum absolute atomic E-state index is 11.7. The summed E-state index contributed by atoms with van der Waals surface area (Å²) in [5, 5.41) is 2.56. The van der Waals surface area contributed by atoms with E-state index in [4.69, 9.17) is 0 Å². The fourth-order valence-corrected chi connectivity index (χ4v) is 1.77. The van der Waals surface area contributed by atoms with Crippen LogP contribution in [0.3, 0.4) is 0 Å². The van der Waals surface area contributed by atoms with Crippen molar-refractivity contribution in [3.05, 3.63) is 35.9 Å². The van der Waals surface area contributed by atoms with Crippen LogP contribution in [0.2, 0.25) is 0 Å². The number of ether oxygens (including phenoxy) is 1. The van der Waals surface area contributed by atoms with Gasteiger partial charge in [0.15, 0.2) is 0 Å². The lowest BCUT2D eigenvalue weighted by Crippen LogP contribution is -2.34. The number of benzene rings is 1. The fourth-order valence-electron chi connectivity index (χ4n) is 1.77. The molecular formula is C13H16N2O3. The molecule has 96 valence electrons. The molecule has 0 bridgehead atoms. The van der Waals surface area contributed by atoms with E-state index in [1.165, 1.54) is 12.7 Å². The van der Waals surface area contributed by atoms with Gasteiger partial charge >= 0.3 is 5.97 Å². The zero-order valence-corrected chi connectivity index (χ0v) is 10.3. The summed E-state index contributed by atoms with van der Waals surface area (Å²) in [7, 11) is 1.30. The predicted molar refractivity (Wildman–Crippen MR) is 65.7 cm³/mol. The molecule has 1 amide bonds. The largest absolute Gasteiger partial charge is 0.468 e. The van der Waals surface area contributed by atoms with Crippen LogP contribution in [-0.4, -0.2) is 43.0 Å². The predicted octanol–water partition coefficient (Wildman–Crippen LogP) is 0.160. The molecule has 2 unspecified atom stereocenters. The third kappa shape index (κ3) is 3.30. The van der Waals surface area contributed by atoms with Crippen molar-refractivity contribution in [1.82, 2.24) is 10.2 Å². The highest BCUT2D eigenvalue weighted by molar-refractivity contribution is 5.87. The average Bonchev–Trinajstić information content (AvgIpc) is 3.16. The van der Waals surface area contributed by atoms with Crippen LogP contribution in [0.25, 0.3) is 0 Å². The first kappa shape index (κ1) is 12.6. The van der Waals surface area contributed by atoms with Gasteiger partial charge in [-0.3, -0.25) is 14.5 Å². The van der Waals surface area contributed by atoms with Gasteiger partial charge in [0.2, 0.25) is 5.91 Å². The summed E-state index contributed by atoms with van der Waals surface area (Å²) in [6.07, 6.45) is 0. The first-order valence-corrected chi connectivity index (χ1v) is 5.83. The van der Waals surface area contributed by atoms with Crippen LogP contribution in [0.4, 0.5) is 0 Å². The number of hydrogen-bond donors (Lipinski definition) is 1. The maximum atomic E-state index is 11.7. The summed E-state index contributed by atoms with van der Waals surface area (Å²) in [4.78, 5) is 24.6. The molecule has 2 rings (SSSR count). The highest BCUT2D eigenvalue weighted by atomic mass is 16.5. The molecule has 1 aromatic carbocycles. The molecule has 1 heterocycles. The summed E-state index contributed by atoms with van der Waals surface area (Å²) in [5.41, 5.74) is 1.18. The minimum atomic E-state index is -0.432. The number of nitrogens with one attached hydrogen (secondary N) is 1. The topological polar surface area (TPSA) is 58.4 Å². The molecule has 1 fully saturated rings. The normalized spacial score (nSPS) is 21.2. The molecule has 1 aliphatic rings. The Bertz CT molecular complexity index is 433. The zero-order valence-electron chi connectivity index (χ0n) is 10.3. The molecule has 0 saturated carbocycles. The third-order valence-corrected chi connectivity index (χ3v) is 2.88. The van der Waals surface area contributed by atoms with Crippen molar-refractivity contribution in [2.45, 2.75) is 12.6 Å². The molecule has 5 heteroatoms. The van der Waals surface area contributed by atoms with Gasteiger partial charge in [-0.05, 0) is 5.56 Å². The lowest BCUT2D eigenvalue weighted by Gasteiger charge is -2.05. The summed E-state index contributed by atoms with van der Waals surface area (Å²) >= 11 is 0. The van der Waals surface area contributed by atoms with Crippen LogP contribution in [-0.2, 0) is 20.9 Å². The van der Waals surface area contributed by atoms with Gasteiger partial charge in [-0.2, -0.15) is 0 Å². The van der Waals surface area contributed by atoms with E-state index in [0.29, 0.717) is 0 Å². The SMILES string of the molecule is COC(=O)CNC(=O)C1CN1Cc1ccccc1. The van der Waals surface area contributed by atoms with Crippen LogP contribution in [0.15, 0.2) is 30.3 Å². The lowest BCUT2D eigenvalue weighted by molar-refractivity contribution is -0.141. The van der Waals surface area contributed by atoms with Crippen molar-refractivity contribution in [2.75, 3.05) is 20.2 Å². The summed E-state index contributed by atoms with van der Waals surface area (Å²) in [5.74, 6) is -0.546. The van der Waals surface area contributed by atoms with E-state index in [0.717, 1.165) is 13.1 Å². The molecule has 0 radical (unpaired) electrons. The van der Waals surface area contributed by atoms with Gasteiger partial charge in [0.1, 0.15) is 12.6 Å². The third-order valence-electron chi connectivity index (χ3n) is 2.88. The summed E-state index contributed by atoms with van der Waals surface area (Å²) in [6.45, 7) is 1.43. The molecular weight excluding hydrogens is 232 g/mol. The quantitative estimate of drug-likeness (QED) is 0.595. The highest BCUT2D eigenvalue weighted by Gasteiger charge is 2.39. The number of carbonyl (C=O) groups excluding carboxylic acids is 2. The Kier molecular flexibility index (Phi) is 3.94. The van der Waals surface area contributed by atoms with E-state index in [9.17, 15) is 9.59 Å². The number of methoxy groups -OCH3 is 1. The van der Waals surface area contributed by atoms with Crippen LogP contribution in [0.5, 0.6) is 0 Å². The molecule has 18 heavy (non-hydrogen) atoms. The Morgan fingerprint density at radius 1 is 1.39 bits per heavy atom. The Hall–Kier alpha value is -1.88. The first-order valence-electron chi connectivity index (χ1n) is 5.83. The average molecular weight is 248 g/mol. The number of amides is 1. The molecule has 0 aromatic heterocycles. The lowest BCUT2D eigenvalue weighted by atomic mass is 10.2. The number of rotatable bonds is 5. The van der Waals surface area contributed by atoms with Gasteiger partial charge in [0.25, 0.3) is 0 Å². The van der Waals surface area contributed by atoms with Crippen molar-refractivity contribution >= 4 is 11.9 Å². The highest BCUT2D eigenvalue weighted by Crippen LogP contribution is 2.20. The molecule has 1 N–H and O–H groups in total. The fraction of sp³-hybridized carbons (Fsp3) is 0.385. The van der Waals surface area contributed by atoms with E-state index in [1.54, 1.807) is 0 Å². The van der Waals surface area contributed by atoms with Gasteiger partial charge in [-0.15, -0.1) is 0 Å². The molecule has 1 aliphatic heterocycles. The van der Waals surface area contributed by atoms with Gasteiger partial charge in [-0.1, -0.05) is 30.3 Å². The Labute approximate surface area is 106 Å². The number of nitrogens with zero attached hydrogens (tertiary/aromatic N) is 1. The second kappa shape index (κ2) is 5.64. The molecule has 5 nitrogen and oxygen atoms in total. The van der Waals surface area contributed by atoms with E-state index in [1.807, 2.05) is 35.2 Å². The van der Waals surface area contributed by atoms with Crippen LogP contribution >= 0.6 is 0 Å². The number of esters is 1. The van der Waals surface area contributed by atoms with Crippen molar-refractivity contribution in [1.29, 1.82) is 0 Å². The summed E-state index contributed by atoms with van der Waals surface area (Å²) < 4.78 is 4.46. The van der Waals surface area contributed by atoms with Crippen LogP contribution in [0, 0.1) is 0 Å². The van der Waals surface area contributed by atoms with Crippen LogP contribution < -0.4 is 5.32 Å². The first-order chi connectivity index (χ1) is 8.70. The Balaban J connectivity index is 1.74. The Morgan fingerprint density at radius 3 is 2.78 bits per heavy atom. The molecule has 2 atom stereocenters. The van der Waals surface area contributed by atoms with Crippen molar-refractivity contribution < 1.29 is 14.3 Å². The van der Waals surface area contributed by atoms with Crippen molar-refractivity contribution in [3.63, 3.8) is 0 Å². The number of carbonyl (C=O) groups is 2. The number of hydrogen-bond acceptors (Lipinski definition) is 4. The van der Waals surface area contributed by atoms with Gasteiger partial charge in [0.05, 0.1) is 7.11 Å². The minimum Gasteiger partial charge on any atom is -0.468 e. The molecule has 1 saturated heterocycles. The van der Waals surface area contributed by atoms with Crippen LogP contribution in [0.1, 0.15) is 5.56 Å². The zero-order chi connectivity index (χ0) is 13.0. The standard InChI is InChI=1S/C13H16N2O3/c1-18-12(16)7-14-13(17)11-9-15(11)8-10-5-3-2-4-6-10/h2-6,11H,7-9H2,1H3,(H,14,17). The van der Waals surface area contributed by atoms with E-state index < -0.39 is 5.97 Å². The van der Waals surface area contributed by atoms with Gasteiger partial charge < -0.3 is 10.1 Å². The van der Waals surface area contributed by atoms with E-state index in [2.05, 4.69) is 10.1 Å². The minimum absolute atomic E-state index is 0.0645. The smallest absolute Gasteiger partial charge is 0.325 e. The van der Waals surface area contributed by atoms with E-state index in [-0.39, 0.29) is 18.5 Å². The van der Waals surface area contributed by atoms with E-state index >= 15 is 0 Å². The molecule has 0 aliphatic carbocycles. The van der Waals surface area contributed by atoms with Crippen molar-refractivity contribution in [2.24, 2.45) is 0 Å². The second-order valence-corrected chi connectivity index (χ2v) is 4.22. The monoisotopic (exact) mass is 248 g/mol. The van der Waals surface area contributed by atoms with Gasteiger partial charge in [-0.25, -0.2) is 0 Å². The Morgan fingerprint density at radius 2 is 2.11 bits per heavy atom. The second-order valence-electron chi connectivity index (χ2n) is 4.22. The summed E-state index contributed by atoms with van der Waals surface area (Å²) in [6, 6.07) is 9.86. The molecule has 0 spiro atoms. The van der Waals surface area contributed by atoms with Gasteiger partial charge in [0, 0.05) is 13.1 Å².